The molecule has 1 unspecified atom stereocenters. The van der Waals surface area contributed by atoms with Gasteiger partial charge < -0.3 is 15.3 Å². The van der Waals surface area contributed by atoms with Crippen LogP contribution in [-0.4, -0.2) is 31.3 Å². The van der Waals surface area contributed by atoms with Crippen molar-refractivity contribution < 1.29 is 5.11 Å². The summed E-state index contributed by atoms with van der Waals surface area (Å²) in [5.41, 5.74) is 2.65. The molecule has 0 spiro atoms. The largest absolute Gasteiger partial charge is 0.393 e. The van der Waals surface area contributed by atoms with Gasteiger partial charge in [-0.15, -0.1) is 0 Å². The van der Waals surface area contributed by atoms with Gasteiger partial charge >= 0.3 is 0 Å². The molecule has 1 atom stereocenters. The van der Waals surface area contributed by atoms with Crippen LogP contribution in [0.15, 0.2) is 24.3 Å². The molecule has 0 saturated carbocycles. The highest BCUT2D eigenvalue weighted by molar-refractivity contribution is 5.55. The van der Waals surface area contributed by atoms with Crippen molar-refractivity contribution in [3.63, 3.8) is 0 Å². The summed E-state index contributed by atoms with van der Waals surface area (Å²) in [6.45, 7) is 4.08. The molecule has 1 aromatic rings. The van der Waals surface area contributed by atoms with Crippen LogP contribution >= 0.6 is 0 Å². The number of nitrogens with zero attached hydrogens (tertiary/aromatic N) is 1. The molecule has 3 nitrogen and oxygen atoms in total. The summed E-state index contributed by atoms with van der Waals surface area (Å²) < 4.78 is 0. The Labute approximate surface area is 103 Å². The topological polar surface area (TPSA) is 35.5 Å². The van der Waals surface area contributed by atoms with Crippen molar-refractivity contribution in [2.75, 3.05) is 25.0 Å². The molecule has 2 N–H and O–H groups in total. The van der Waals surface area contributed by atoms with Crippen LogP contribution in [0.2, 0.25) is 0 Å². The lowest BCUT2D eigenvalue weighted by Gasteiger charge is -2.33. The zero-order valence-corrected chi connectivity index (χ0v) is 10.7. The van der Waals surface area contributed by atoms with Crippen molar-refractivity contribution in [1.29, 1.82) is 0 Å². The Morgan fingerprint density at radius 3 is 2.59 bits per heavy atom. The number of benzene rings is 1. The summed E-state index contributed by atoms with van der Waals surface area (Å²) in [6, 6.07) is 8.90. The molecule has 2 rings (SSSR count). The highest BCUT2D eigenvalue weighted by atomic mass is 16.3. The van der Waals surface area contributed by atoms with E-state index in [-0.39, 0.29) is 6.10 Å². The van der Waals surface area contributed by atoms with Gasteiger partial charge in [-0.25, -0.2) is 0 Å². The zero-order chi connectivity index (χ0) is 12.3. The fraction of sp³-hybridized carbons (Fsp3) is 0.571. The van der Waals surface area contributed by atoms with E-state index >= 15 is 0 Å². The molecule has 1 aliphatic heterocycles. The molecule has 1 aliphatic rings. The van der Waals surface area contributed by atoms with E-state index < -0.39 is 0 Å². The van der Waals surface area contributed by atoms with Crippen LogP contribution in [0.25, 0.3) is 0 Å². The maximum absolute atomic E-state index is 9.56. The standard InChI is InChI=1S/C14H22N2O/c1-11(15-2)13-5-3-4-6-14(13)16-9-7-12(17)8-10-16/h3-6,11-12,15,17H,7-10H2,1-2H3. The number of hydrogen-bond donors (Lipinski definition) is 2. The number of hydrogen-bond acceptors (Lipinski definition) is 3. The molecule has 3 heteroatoms. The minimum Gasteiger partial charge on any atom is -0.393 e. The predicted octanol–water partition coefficient (Wildman–Crippen LogP) is 1.93. The van der Waals surface area contributed by atoms with Crippen molar-refractivity contribution in [1.82, 2.24) is 5.32 Å². The number of piperidine rings is 1. The number of para-hydroxylation sites is 1. The Balaban J connectivity index is 2.19. The van der Waals surface area contributed by atoms with Crippen molar-refractivity contribution in [2.24, 2.45) is 0 Å². The smallest absolute Gasteiger partial charge is 0.0574 e. The number of rotatable bonds is 3. The van der Waals surface area contributed by atoms with Gasteiger partial charge in [0.25, 0.3) is 0 Å². The molecule has 1 fully saturated rings. The monoisotopic (exact) mass is 234 g/mol. The average Bonchev–Trinajstić information content (AvgIpc) is 2.39. The van der Waals surface area contributed by atoms with Gasteiger partial charge in [-0.05, 0) is 38.4 Å². The van der Waals surface area contributed by atoms with E-state index in [1.165, 1.54) is 11.3 Å². The lowest BCUT2D eigenvalue weighted by atomic mass is 10.0. The summed E-state index contributed by atoms with van der Waals surface area (Å²) in [4.78, 5) is 2.38. The van der Waals surface area contributed by atoms with Gasteiger partial charge in [0, 0.05) is 24.8 Å². The first-order chi connectivity index (χ1) is 8.22. The third kappa shape index (κ3) is 2.79. The molecule has 0 bridgehead atoms. The third-order valence-electron chi connectivity index (χ3n) is 3.64. The minimum absolute atomic E-state index is 0.111. The predicted molar refractivity (Wildman–Crippen MR) is 71.4 cm³/mol. The highest BCUT2D eigenvalue weighted by Gasteiger charge is 2.20. The van der Waals surface area contributed by atoms with Gasteiger partial charge in [-0.3, -0.25) is 0 Å². The molecule has 0 amide bonds. The zero-order valence-electron chi connectivity index (χ0n) is 10.7. The van der Waals surface area contributed by atoms with Crippen LogP contribution in [0, 0.1) is 0 Å². The second-order valence-corrected chi connectivity index (χ2v) is 4.79. The molecule has 1 aromatic carbocycles. The summed E-state index contributed by atoms with van der Waals surface area (Å²) in [6.07, 6.45) is 1.64. The highest BCUT2D eigenvalue weighted by Crippen LogP contribution is 2.28. The van der Waals surface area contributed by atoms with Gasteiger partial charge in [-0.2, -0.15) is 0 Å². The van der Waals surface area contributed by atoms with E-state index in [0.29, 0.717) is 6.04 Å². The second-order valence-electron chi connectivity index (χ2n) is 4.79. The van der Waals surface area contributed by atoms with E-state index in [2.05, 4.69) is 41.4 Å². The summed E-state index contributed by atoms with van der Waals surface area (Å²) in [5, 5.41) is 12.9. The number of aliphatic hydroxyl groups excluding tert-OH is 1. The molecule has 0 aliphatic carbocycles. The number of aliphatic hydroxyl groups is 1. The van der Waals surface area contributed by atoms with Crippen LogP contribution in [0.1, 0.15) is 31.4 Å². The van der Waals surface area contributed by atoms with Crippen molar-refractivity contribution in [3.8, 4) is 0 Å². The maximum Gasteiger partial charge on any atom is 0.0574 e. The Bertz CT molecular complexity index is 359. The molecule has 0 aromatic heterocycles. The molecule has 1 saturated heterocycles. The SMILES string of the molecule is CNC(C)c1ccccc1N1CCC(O)CC1. The fourth-order valence-electron chi connectivity index (χ4n) is 2.40. The molecule has 1 heterocycles. The Kier molecular flexibility index (Phi) is 4.02. The fourth-order valence-corrected chi connectivity index (χ4v) is 2.40. The molecule has 17 heavy (non-hydrogen) atoms. The maximum atomic E-state index is 9.56. The van der Waals surface area contributed by atoms with Crippen LogP contribution in [0.5, 0.6) is 0 Å². The summed E-state index contributed by atoms with van der Waals surface area (Å²) in [5.74, 6) is 0. The second kappa shape index (κ2) is 5.52. The van der Waals surface area contributed by atoms with Gasteiger partial charge in [0.15, 0.2) is 0 Å². The molecular formula is C14H22N2O. The number of nitrogens with one attached hydrogen (secondary N) is 1. The van der Waals surface area contributed by atoms with E-state index in [4.69, 9.17) is 0 Å². The molecular weight excluding hydrogens is 212 g/mol. The minimum atomic E-state index is -0.111. The summed E-state index contributed by atoms with van der Waals surface area (Å²) >= 11 is 0. The lowest BCUT2D eigenvalue weighted by molar-refractivity contribution is 0.145. The normalized spacial score (nSPS) is 19.4. The molecule has 94 valence electrons. The van der Waals surface area contributed by atoms with Crippen molar-refractivity contribution in [3.05, 3.63) is 29.8 Å². The first-order valence-electron chi connectivity index (χ1n) is 6.41. The van der Waals surface area contributed by atoms with Gasteiger partial charge in [0.2, 0.25) is 0 Å². The van der Waals surface area contributed by atoms with Crippen molar-refractivity contribution in [2.45, 2.75) is 31.9 Å². The van der Waals surface area contributed by atoms with E-state index in [9.17, 15) is 5.11 Å². The number of anilines is 1. The summed E-state index contributed by atoms with van der Waals surface area (Å²) in [7, 11) is 1.99. The lowest BCUT2D eigenvalue weighted by Crippen LogP contribution is -2.36. The van der Waals surface area contributed by atoms with E-state index in [1.807, 2.05) is 7.05 Å². The first kappa shape index (κ1) is 12.4. The van der Waals surface area contributed by atoms with Crippen molar-refractivity contribution >= 4 is 5.69 Å². The Morgan fingerprint density at radius 1 is 1.29 bits per heavy atom. The average molecular weight is 234 g/mol. The third-order valence-corrected chi connectivity index (χ3v) is 3.64. The van der Waals surface area contributed by atoms with Gasteiger partial charge in [-0.1, -0.05) is 18.2 Å². The van der Waals surface area contributed by atoms with Gasteiger partial charge in [0.1, 0.15) is 0 Å². The van der Waals surface area contributed by atoms with Crippen LogP contribution < -0.4 is 10.2 Å². The quantitative estimate of drug-likeness (QED) is 0.839. The first-order valence-corrected chi connectivity index (χ1v) is 6.41. The Hall–Kier alpha value is -1.06. The van der Waals surface area contributed by atoms with Gasteiger partial charge in [0.05, 0.1) is 6.10 Å². The van der Waals surface area contributed by atoms with Crippen LogP contribution in [-0.2, 0) is 0 Å². The Morgan fingerprint density at radius 2 is 1.94 bits per heavy atom. The molecule has 0 radical (unpaired) electrons. The van der Waals surface area contributed by atoms with E-state index in [1.54, 1.807) is 0 Å². The van der Waals surface area contributed by atoms with E-state index in [0.717, 1.165) is 25.9 Å². The van der Waals surface area contributed by atoms with Crippen LogP contribution in [0.3, 0.4) is 0 Å². The van der Waals surface area contributed by atoms with Crippen LogP contribution in [0.4, 0.5) is 5.69 Å².